The first-order valence-corrected chi connectivity index (χ1v) is 25.6. The van der Waals surface area contributed by atoms with Crippen LogP contribution in [-0.2, 0) is 36.6 Å². The fourth-order valence-electron chi connectivity index (χ4n) is 8.94. The van der Waals surface area contributed by atoms with Crippen molar-refractivity contribution in [2.45, 2.75) is 53.1 Å². The first kappa shape index (κ1) is 60.2. The summed E-state index contributed by atoms with van der Waals surface area (Å²) in [4.78, 5) is 41.6. The van der Waals surface area contributed by atoms with Crippen LogP contribution in [0.5, 0.6) is 0 Å². The number of aryl methyl sites for hydroxylation is 2. The number of Topliss-reactive ketones (excluding diaryl/α,β-unsaturated/α-hetero) is 1. The Morgan fingerprint density at radius 2 is 1.05 bits per heavy atom. The minimum Gasteiger partial charge on any atom is -0.465 e. The van der Waals surface area contributed by atoms with Crippen molar-refractivity contribution in [2.24, 2.45) is 0 Å². The second-order valence-corrected chi connectivity index (χ2v) is 19.6. The number of fused-ring (bicyclic) bond motifs is 2. The van der Waals surface area contributed by atoms with Gasteiger partial charge in [0.05, 0.1) is 36.2 Å². The maximum Gasteiger partial charge on any atom is 0.416 e. The number of ether oxygens (including phenoxy) is 1. The van der Waals surface area contributed by atoms with Crippen molar-refractivity contribution in [2.75, 3.05) is 79.3 Å². The Balaban J connectivity index is 0.000000191. The number of piperazine rings is 2. The summed E-state index contributed by atoms with van der Waals surface area (Å²) in [5.41, 5.74) is 12.1. The third kappa shape index (κ3) is 15.9. The third-order valence-corrected chi connectivity index (χ3v) is 13.7. The number of rotatable bonds is 8. The number of benzene rings is 4. The van der Waals surface area contributed by atoms with E-state index in [0.717, 1.165) is 86.8 Å². The van der Waals surface area contributed by atoms with Crippen LogP contribution >= 0.6 is 0 Å². The molecule has 6 heterocycles. The highest BCUT2D eigenvalue weighted by atomic mass is 19.4. The molecule has 0 atom stereocenters. The molecule has 8 aromatic rings. The van der Waals surface area contributed by atoms with Crippen molar-refractivity contribution in [1.29, 1.82) is 0 Å². The molecule has 2 fully saturated rings. The predicted molar refractivity (Wildman–Crippen MR) is 299 cm³/mol. The van der Waals surface area contributed by atoms with E-state index in [4.69, 9.17) is 10.5 Å². The molecule has 2 aliphatic rings. The highest BCUT2D eigenvalue weighted by Crippen LogP contribution is 2.35. The molecular weight excluding hydrogens is 1050 g/mol. The molecule has 0 aliphatic carbocycles. The summed E-state index contributed by atoms with van der Waals surface area (Å²) in [5.74, 6) is 11.6. The van der Waals surface area contributed by atoms with Crippen LogP contribution in [0, 0.1) is 37.5 Å². The van der Waals surface area contributed by atoms with Crippen LogP contribution in [0.3, 0.4) is 0 Å². The molecule has 4 aromatic heterocycles. The number of anilines is 1. The summed E-state index contributed by atoms with van der Waals surface area (Å²) >= 11 is 0. The van der Waals surface area contributed by atoms with Gasteiger partial charge >= 0.3 is 18.3 Å². The van der Waals surface area contributed by atoms with Crippen molar-refractivity contribution >= 4 is 28.7 Å². The van der Waals surface area contributed by atoms with E-state index in [1.807, 2.05) is 62.0 Å². The number of nitrogens with zero attached hydrogens (tertiary/aromatic N) is 10. The van der Waals surface area contributed by atoms with Gasteiger partial charge in [0, 0.05) is 107 Å². The first-order chi connectivity index (χ1) is 38.2. The SMILES string of the molecule is C.CN1CCN(Cc2ccc(N)cc2C(F)(F)F)CC1.COC(=O)c1ccc(C)c(C#Cc2cnc3cccnn23)c1.Cc1ccc(C(=O)Cc2ccc(CN3CCN(C)CC3)c(C(F)(F)F)c2)cc1C#Cc1cnc2cccnn12. The Bertz CT molecular complexity index is 3630. The topological polar surface area (TPSA) is 143 Å². The summed E-state index contributed by atoms with van der Waals surface area (Å²) in [6.07, 6.45) is -2.35. The van der Waals surface area contributed by atoms with E-state index in [9.17, 15) is 35.9 Å². The molecule has 0 radical (unpaired) electrons. The number of hydrogen-bond donors (Lipinski definition) is 1. The molecule has 0 saturated carbocycles. The van der Waals surface area contributed by atoms with E-state index in [2.05, 4.69) is 53.6 Å². The summed E-state index contributed by atoms with van der Waals surface area (Å²) in [6, 6.07) is 26.1. The molecule has 0 amide bonds. The number of carbonyl (C=O) groups excluding carboxylic acids is 2. The maximum atomic E-state index is 14.0. The monoisotopic (exact) mass is 1110 g/mol. The molecule has 422 valence electrons. The van der Waals surface area contributed by atoms with Gasteiger partial charge in [-0.1, -0.05) is 55.7 Å². The van der Waals surface area contributed by atoms with Crippen molar-refractivity contribution in [3.8, 4) is 23.7 Å². The van der Waals surface area contributed by atoms with E-state index >= 15 is 0 Å². The average Bonchev–Trinajstić information content (AvgIpc) is 4.06. The van der Waals surface area contributed by atoms with E-state index in [1.54, 1.807) is 76.3 Å². The number of nitrogens with two attached hydrogens (primary N) is 1. The Labute approximate surface area is 467 Å². The van der Waals surface area contributed by atoms with Gasteiger partial charge in [0.15, 0.2) is 17.1 Å². The molecule has 2 saturated heterocycles. The van der Waals surface area contributed by atoms with Gasteiger partial charge in [-0.3, -0.25) is 14.6 Å². The number of carbonyl (C=O) groups is 2. The molecule has 4 aromatic carbocycles. The number of methoxy groups -OCH3 is 1. The molecule has 2 aliphatic heterocycles. The highest BCUT2D eigenvalue weighted by molar-refractivity contribution is 5.98. The van der Waals surface area contributed by atoms with E-state index in [-0.39, 0.29) is 43.4 Å². The maximum absolute atomic E-state index is 14.0. The zero-order valence-electron chi connectivity index (χ0n) is 44.9. The van der Waals surface area contributed by atoms with Gasteiger partial charge < -0.3 is 20.3 Å². The molecule has 10 rings (SSSR count). The Hall–Kier alpha value is -8.40. The van der Waals surface area contributed by atoms with Gasteiger partial charge in [-0.25, -0.2) is 23.8 Å². The van der Waals surface area contributed by atoms with E-state index in [0.29, 0.717) is 51.4 Å². The number of esters is 1. The summed E-state index contributed by atoms with van der Waals surface area (Å²) < 4.78 is 88.8. The normalized spacial score (nSPS) is 14.3. The lowest BCUT2D eigenvalue weighted by molar-refractivity contribution is -0.139. The zero-order chi connectivity index (χ0) is 57.1. The van der Waals surface area contributed by atoms with Gasteiger partial charge in [-0.15, -0.1) is 0 Å². The summed E-state index contributed by atoms with van der Waals surface area (Å²) in [5, 5.41) is 8.46. The Morgan fingerprint density at radius 3 is 1.53 bits per heavy atom. The quantitative estimate of drug-likeness (QED) is 0.0509. The smallest absolute Gasteiger partial charge is 0.416 e. The number of aromatic nitrogens is 6. The third-order valence-electron chi connectivity index (χ3n) is 13.7. The van der Waals surface area contributed by atoms with Crippen LogP contribution < -0.4 is 5.73 Å². The molecule has 20 heteroatoms. The standard InChI is InChI=1S/C30H28F3N5O.C17H13N3O2.C13H18F3N3.CH4/c1-21-5-7-24(18-23(21)9-10-26-19-34-29-4-3-11-35-38(26)29)28(39)17-22-6-8-25(27(16-22)30(31,32)33)20-37-14-12-36(2)13-15-37;1-12-5-6-14(17(21)22-2)10-13(12)7-8-15-11-18-16-4-3-9-19-20(15)16;1-18-4-6-19(7-5-18)9-10-2-3-11(17)8-12(10)13(14,15)16;/h3-8,11,16,18-19H,12-15,17,20H2,1-2H3;3-6,9-11H,1-2H3;2-3,8H,4-7,9,17H2,1H3;1H4. The molecule has 14 nitrogen and oxygen atoms in total. The van der Waals surface area contributed by atoms with Crippen LogP contribution in [-0.4, -0.2) is 134 Å². The lowest BCUT2D eigenvalue weighted by atomic mass is 9.96. The van der Waals surface area contributed by atoms with Crippen LogP contribution in [0.15, 0.2) is 122 Å². The van der Waals surface area contributed by atoms with Gasteiger partial charge in [0.2, 0.25) is 0 Å². The largest absolute Gasteiger partial charge is 0.465 e. The second kappa shape index (κ2) is 26.7. The number of imidazole rings is 2. The summed E-state index contributed by atoms with van der Waals surface area (Å²) in [7, 11) is 5.38. The van der Waals surface area contributed by atoms with E-state index in [1.165, 1.54) is 25.3 Å². The van der Waals surface area contributed by atoms with Crippen LogP contribution in [0.1, 0.15) is 89.6 Å². The zero-order valence-corrected chi connectivity index (χ0v) is 44.9. The lowest BCUT2D eigenvalue weighted by Gasteiger charge is -2.33. The van der Waals surface area contributed by atoms with Crippen LogP contribution in [0.25, 0.3) is 11.3 Å². The van der Waals surface area contributed by atoms with Crippen molar-refractivity contribution in [3.63, 3.8) is 0 Å². The Morgan fingerprint density at radius 1 is 0.593 bits per heavy atom. The van der Waals surface area contributed by atoms with Gasteiger partial charge in [-0.05, 0) is 128 Å². The molecule has 81 heavy (non-hydrogen) atoms. The molecule has 0 unspecified atom stereocenters. The number of hydrogen-bond acceptors (Lipinski definition) is 12. The average molecular weight is 1110 g/mol. The minimum atomic E-state index is -4.50. The minimum absolute atomic E-state index is 0. The predicted octanol–water partition coefficient (Wildman–Crippen LogP) is 9.52. The van der Waals surface area contributed by atoms with Crippen molar-refractivity contribution in [1.82, 2.24) is 48.8 Å². The molecule has 0 spiro atoms. The van der Waals surface area contributed by atoms with Gasteiger partial charge in [0.1, 0.15) is 11.4 Å². The fraction of sp³-hybridized carbons (Fsp3) is 0.311. The molecule has 0 bridgehead atoms. The highest BCUT2D eigenvalue weighted by Gasteiger charge is 2.35. The number of likely N-dealkylation sites (N-methyl/N-ethyl adjacent to an activating group) is 2. The second-order valence-electron chi connectivity index (χ2n) is 19.6. The number of halogens is 6. The Kier molecular flexibility index (Phi) is 19.9. The van der Waals surface area contributed by atoms with Gasteiger partial charge in [-0.2, -0.15) is 36.5 Å². The first-order valence-electron chi connectivity index (χ1n) is 25.6. The number of nitrogen functional groups attached to an aromatic ring is 1. The summed E-state index contributed by atoms with van der Waals surface area (Å²) in [6.45, 7) is 10.8. The lowest BCUT2D eigenvalue weighted by Crippen LogP contribution is -2.44. The van der Waals surface area contributed by atoms with Crippen LogP contribution in [0.4, 0.5) is 32.0 Å². The number of alkyl halides is 6. The van der Waals surface area contributed by atoms with Crippen molar-refractivity contribution < 1.29 is 40.7 Å². The van der Waals surface area contributed by atoms with Crippen LogP contribution in [0.2, 0.25) is 0 Å². The molecular formula is C61H63F6N11O3. The number of ketones is 1. The fourth-order valence-corrected chi connectivity index (χ4v) is 8.94. The van der Waals surface area contributed by atoms with Gasteiger partial charge in [0.25, 0.3) is 0 Å². The molecule has 2 N–H and O–H groups in total. The van der Waals surface area contributed by atoms with E-state index < -0.39 is 23.5 Å². The van der Waals surface area contributed by atoms with Crippen molar-refractivity contribution in [3.05, 3.63) is 194 Å².